The highest BCUT2D eigenvalue weighted by molar-refractivity contribution is 5.83. The number of rotatable bonds is 5. The second kappa shape index (κ2) is 6.30. The van der Waals surface area contributed by atoms with Crippen LogP contribution in [-0.4, -0.2) is 23.7 Å². The average Bonchev–Trinajstić information content (AvgIpc) is 2.97. The monoisotopic (exact) mass is 314 g/mol. The van der Waals surface area contributed by atoms with Crippen molar-refractivity contribution in [2.45, 2.75) is 12.3 Å². The number of phenolic OH excluding ortho intramolecular Hbond substituents is 1. The van der Waals surface area contributed by atoms with Crippen molar-refractivity contribution in [3.63, 3.8) is 0 Å². The van der Waals surface area contributed by atoms with Crippen LogP contribution < -0.4 is 10.5 Å². The molecular formula is C18H19FN2O2. The van der Waals surface area contributed by atoms with Crippen molar-refractivity contribution in [3.05, 3.63) is 59.5 Å². The lowest BCUT2D eigenvalue weighted by Gasteiger charge is -2.15. The molecule has 1 heterocycles. The normalized spacial score (nSPS) is 12.5. The Hall–Kier alpha value is -2.53. The van der Waals surface area contributed by atoms with Crippen LogP contribution in [0.25, 0.3) is 10.9 Å². The van der Waals surface area contributed by atoms with Crippen LogP contribution in [0.5, 0.6) is 11.5 Å². The van der Waals surface area contributed by atoms with Gasteiger partial charge in [0.25, 0.3) is 0 Å². The largest absolute Gasteiger partial charge is 0.504 e. The zero-order chi connectivity index (χ0) is 16.4. The third kappa shape index (κ3) is 3.00. The number of ether oxygens (including phenoxy) is 1. The second-order valence-corrected chi connectivity index (χ2v) is 5.58. The summed E-state index contributed by atoms with van der Waals surface area (Å²) in [5.74, 6) is 0.318. The third-order valence-electron chi connectivity index (χ3n) is 4.13. The van der Waals surface area contributed by atoms with Gasteiger partial charge in [-0.25, -0.2) is 4.39 Å². The molecule has 1 atom stereocenters. The van der Waals surface area contributed by atoms with Crippen LogP contribution in [0, 0.1) is 5.82 Å². The van der Waals surface area contributed by atoms with E-state index in [1.165, 1.54) is 19.2 Å². The summed E-state index contributed by atoms with van der Waals surface area (Å²) >= 11 is 0. The van der Waals surface area contributed by atoms with E-state index in [0.29, 0.717) is 18.7 Å². The topological polar surface area (TPSA) is 71.3 Å². The summed E-state index contributed by atoms with van der Waals surface area (Å²) in [4.78, 5) is 3.16. The Labute approximate surface area is 133 Å². The molecule has 4 nitrogen and oxygen atoms in total. The molecule has 3 aromatic rings. The molecule has 3 rings (SSSR count). The summed E-state index contributed by atoms with van der Waals surface area (Å²) < 4.78 is 18.7. The molecule has 1 aromatic heterocycles. The predicted molar refractivity (Wildman–Crippen MR) is 88.4 cm³/mol. The summed E-state index contributed by atoms with van der Waals surface area (Å²) in [6, 6.07) is 9.94. The number of hydrogen-bond donors (Lipinski definition) is 3. The Kier molecular flexibility index (Phi) is 4.21. The zero-order valence-electron chi connectivity index (χ0n) is 12.8. The quantitative estimate of drug-likeness (QED) is 0.676. The van der Waals surface area contributed by atoms with Gasteiger partial charge >= 0.3 is 0 Å². The lowest BCUT2D eigenvalue weighted by Crippen LogP contribution is -2.14. The molecule has 0 saturated heterocycles. The highest BCUT2D eigenvalue weighted by Crippen LogP contribution is 2.31. The number of aromatic nitrogens is 1. The van der Waals surface area contributed by atoms with E-state index in [4.69, 9.17) is 10.5 Å². The van der Waals surface area contributed by atoms with Gasteiger partial charge in [-0.05, 0) is 54.4 Å². The Morgan fingerprint density at radius 1 is 1.26 bits per heavy atom. The first-order chi connectivity index (χ1) is 11.1. The van der Waals surface area contributed by atoms with E-state index in [2.05, 4.69) is 4.98 Å². The zero-order valence-corrected chi connectivity index (χ0v) is 12.8. The number of H-pyrrole nitrogens is 1. The van der Waals surface area contributed by atoms with Gasteiger partial charge < -0.3 is 20.6 Å². The lowest BCUT2D eigenvalue weighted by atomic mass is 9.91. The maximum absolute atomic E-state index is 13.5. The summed E-state index contributed by atoms with van der Waals surface area (Å²) in [6.07, 6.45) is 2.57. The molecule has 0 aliphatic heterocycles. The minimum absolute atomic E-state index is 0.0415. The SMILES string of the molecule is COc1cc(CC(CN)c2c[nH]c3ccc(F)cc23)ccc1O. The Balaban J connectivity index is 1.94. The van der Waals surface area contributed by atoms with Crippen LogP contribution in [-0.2, 0) is 6.42 Å². The van der Waals surface area contributed by atoms with E-state index < -0.39 is 0 Å². The molecule has 0 aliphatic rings. The number of fused-ring (bicyclic) bond motifs is 1. The Morgan fingerprint density at radius 3 is 2.83 bits per heavy atom. The smallest absolute Gasteiger partial charge is 0.160 e. The molecule has 0 spiro atoms. The fourth-order valence-electron chi connectivity index (χ4n) is 2.91. The molecule has 0 aliphatic carbocycles. The van der Waals surface area contributed by atoms with Crippen LogP contribution in [0.2, 0.25) is 0 Å². The van der Waals surface area contributed by atoms with Crippen molar-refractivity contribution in [1.29, 1.82) is 0 Å². The van der Waals surface area contributed by atoms with E-state index in [1.807, 2.05) is 12.3 Å². The molecule has 0 amide bonds. The number of phenols is 1. The average molecular weight is 314 g/mol. The van der Waals surface area contributed by atoms with Gasteiger partial charge in [0, 0.05) is 23.0 Å². The van der Waals surface area contributed by atoms with Gasteiger partial charge in [0.1, 0.15) is 5.82 Å². The number of nitrogens with two attached hydrogens (primary N) is 1. The number of methoxy groups -OCH3 is 1. The number of halogens is 1. The third-order valence-corrected chi connectivity index (χ3v) is 4.13. The van der Waals surface area contributed by atoms with Gasteiger partial charge in [-0.2, -0.15) is 0 Å². The summed E-state index contributed by atoms with van der Waals surface area (Å²) in [6.45, 7) is 0.437. The molecule has 2 aromatic carbocycles. The summed E-state index contributed by atoms with van der Waals surface area (Å²) in [5.41, 5.74) is 8.84. The minimum Gasteiger partial charge on any atom is -0.504 e. The first-order valence-corrected chi connectivity index (χ1v) is 7.45. The molecule has 4 N–H and O–H groups in total. The minimum atomic E-state index is -0.263. The standard InChI is InChI=1S/C18H19FN2O2/c1-23-18-7-11(2-5-17(18)22)6-12(9-20)15-10-21-16-4-3-13(19)8-14(15)16/h2-5,7-8,10,12,21-22H,6,9,20H2,1H3. The van der Waals surface area contributed by atoms with Gasteiger partial charge in [-0.1, -0.05) is 6.07 Å². The number of nitrogens with one attached hydrogen (secondary N) is 1. The van der Waals surface area contributed by atoms with E-state index in [9.17, 15) is 9.50 Å². The first-order valence-electron chi connectivity index (χ1n) is 7.45. The van der Waals surface area contributed by atoms with Crippen molar-refractivity contribution in [2.24, 2.45) is 5.73 Å². The molecule has 1 unspecified atom stereocenters. The molecule has 0 bridgehead atoms. The van der Waals surface area contributed by atoms with Crippen LogP contribution in [0.3, 0.4) is 0 Å². The number of benzene rings is 2. The van der Waals surface area contributed by atoms with Crippen LogP contribution in [0.1, 0.15) is 17.0 Å². The van der Waals surface area contributed by atoms with E-state index in [1.54, 1.807) is 18.2 Å². The van der Waals surface area contributed by atoms with Gasteiger partial charge in [-0.15, -0.1) is 0 Å². The predicted octanol–water partition coefficient (Wildman–Crippen LogP) is 3.31. The number of aromatic hydroxyl groups is 1. The van der Waals surface area contributed by atoms with Crippen molar-refractivity contribution in [1.82, 2.24) is 4.98 Å². The molecule has 120 valence electrons. The van der Waals surface area contributed by atoms with Gasteiger partial charge in [-0.3, -0.25) is 0 Å². The van der Waals surface area contributed by atoms with Crippen molar-refractivity contribution in [2.75, 3.05) is 13.7 Å². The van der Waals surface area contributed by atoms with Crippen molar-refractivity contribution < 1.29 is 14.2 Å². The van der Waals surface area contributed by atoms with Gasteiger partial charge in [0.2, 0.25) is 0 Å². The highest BCUT2D eigenvalue weighted by atomic mass is 19.1. The number of aromatic amines is 1. The number of hydrogen-bond acceptors (Lipinski definition) is 3. The Bertz CT molecular complexity index is 829. The van der Waals surface area contributed by atoms with E-state index >= 15 is 0 Å². The van der Waals surface area contributed by atoms with Gasteiger partial charge in [0.15, 0.2) is 11.5 Å². The fraction of sp³-hybridized carbons (Fsp3) is 0.222. The van der Waals surface area contributed by atoms with Crippen LogP contribution in [0.15, 0.2) is 42.6 Å². The molecular weight excluding hydrogens is 295 g/mol. The fourth-order valence-corrected chi connectivity index (χ4v) is 2.91. The van der Waals surface area contributed by atoms with Crippen LogP contribution >= 0.6 is 0 Å². The molecule has 23 heavy (non-hydrogen) atoms. The second-order valence-electron chi connectivity index (χ2n) is 5.58. The molecule has 5 heteroatoms. The molecule has 0 fully saturated rings. The van der Waals surface area contributed by atoms with Crippen LogP contribution in [0.4, 0.5) is 4.39 Å². The molecule has 0 radical (unpaired) electrons. The maximum atomic E-state index is 13.5. The summed E-state index contributed by atoms with van der Waals surface area (Å²) in [5, 5.41) is 10.5. The van der Waals surface area contributed by atoms with Crippen molar-refractivity contribution >= 4 is 10.9 Å². The maximum Gasteiger partial charge on any atom is 0.160 e. The molecule has 0 saturated carbocycles. The van der Waals surface area contributed by atoms with Crippen molar-refractivity contribution in [3.8, 4) is 11.5 Å². The summed E-state index contributed by atoms with van der Waals surface area (Å²) in [7, 11) is 1.52. The highest BCUT2D eigenvalue weighted by Gasteiger charge is 2.16. The Morgan fingerprint density at radius 2 is 2.09 bits per heavy atom. The van der Waals surface area contributed by atoms with E-state index in [-0.39, 0.29) is 17.5 Å². The lowest BCUT2D eigenvalue weighted by molar-refractivity contribution is 0.373. The first kappa shape index (κ1) is 15.4. The van der Waals surface area contributed by atoms with E-state index in [0.717, 1.165) is 22.0 Å². The van der Waals surface area contributed by atoms with Gasteiger partial charge in [0.05, 0.1) is 7.11 Å².